The van der Waals surface area contributed by atoms with Crippen LogP contribution >= 0.6 is 11.6 Å². The van der Waals surface area contributed by atoms with Crippen LogP contribution in [-0.4, -0.2) is 48.7 Å². The highest BCUT2D eigenvalue weighted by molar-refractivity contribution is 6.31. The van der Waals surface area contributed by atoms with Crippen molar-refractivity contribution < 1.29 is 13.9 Å². The Morgan fingerprint density at radius 1 is 1.35 bits per heavy atom. The molecule has 2 heterocycles. The summed E-state index contributed by atoms with van der Waals surface area (Å²) in [5.41, 5.74) is 0.00878. The van der Waals surface area contributed by atoms with E-state index in [4.69, 9.17) is 16.3 Å². The summed E-state index contributed by atoms with van der Waals surface area (Å²) >= 11 is 5.75. The Balaban J connectivity index is 1.38. The number of rotatable bonds is 3. The van der Waals surface area contributed by atoms with Crippen LogP contribution < -0.4 is 5.32 Å². The predicted molar refractivity (Wildman–Crippen MR) is 85.1 cm³/mol. The Labute approximate surface area is 139 Å². The molecule has 4 nitrogen and oxygen atoms in total. The van der Waals surface area contributed by atoms with Crippen molar-refractivity contribution in [2.75, 3.05) is 19.7 Å². The summed E-state index contributed by atoms with van der Waals surface area (Å²) in [5, 5.41) is 2.92. The summed E-state index contributed by atoms with van der Waals surface area (Å²) in [4.78, 5) is 14.7. The van der Waals surface area contributed by atoms with Gasteiger partial charge in [-0.25, -0.2) is 4.39 Å². The molecule has 1 amide bonds. The van der Waals surface area contributed by atoms with E-state index in [0.717, 1.165) is 32.0 Å². The summed E-state index contributed by atoms with van der Waals surface area (Å²) in [6.07, 6.45) is 3.76. The smallest absolute Gasteiger partial charge is 0.254 e. The maximum atomic E-state index is 13.9. The number of halogens is 2. The lowest BCUT2D eigenvalue weighted by atomic mass is 10.1. The number of fused-ring (bicyclic) bond motifs is 1. The van der Waals surface area contributed by atoms with Crippen molar-refractivity contribution in [3.05, 3.63) is 34.6 Å². The molecule has 2 aliphatic heterocycles. The van der Waals surface area contributed by atoms with Crippen LogP contribution in [-0.2, 0) is 4.74 Å². The van der Waals surface area contributed by atoms with Gasteiger partial charge in [0.25, 0.3) is 5.91 Å². The van der Waals surface area contributed by atoms with Crippen LogP contribution in [0.4, 0.5) is 4.39 Å². The van der Waals surface area contributed by atoms with E-state index in [9.17, 15) is 9.18 Å². The Bertz CT molecular complexity index is 623. The van der Waals surface area contributed by atoms with Crippen molar-refractivity contribution >= 4 is 17.5 Å². The Morgan fingerprint density at radius 2 is 2.17 bits per heavy atom. The van der Waals surface area contributed by atoms with Gasteiger partial charge in [0, 0.05) is 25.2 Å². The van der Waals surface area contributed by atoms with Gasteiger partial charge >= 0.3 is 0 Å². The van der Waals surface area contributed by atoms with Gasteiger partial charge in [-0.3, -0.25) is 9.69 Å². The van der Waals surface area contributed by atoms with Crippen molar-refractivity contribution in [1.82, 2.24) is 10.2 Å². The number of hydrogen-bond donors (Lipinski definition) is 1. The fourth-order valence-electron chi connectivity index (χ4n) is 3.70. The maximum Gasteiger partial charge on any atom is 0.254 e. The Morgan fingerprint density at radius 3 is 2.96 bits per heavy atom. The lowest BCUT2D eigenvalue weighted by molar-refractivity contribution is -0.0581. The quantitative estimate of drug-likeness (QED) is 0.920. The lowest BCUT2D eigenvalue weighted by Crippen LogP contribution is -2.47. The van der Waals surface area contributed by atoms with Gasteiger partial charge in [0.1, 0.15) is 0 Å². The first-order valence-corrected chi connectivity index (χ1v) is 8.60. The van der Waals surface area contributed by atoms with E-state index in [1.54, 1.807) is 6.07 Å². The molecule has 1 aliphatic carbocycles. The molecular weight excluding hydrogens is 319 g/mol. The average molecular weight is 339 g/mol. The van der Waals surface area contributed by atoms with Gasteiger partial charge in [0.2, 0.25) is 0 Å². The van der Waals surface area contributed by atoms with Crippen LogP contribution in [0, 0.1) is 11.7 Å². The van der Waals surface area contributed by atoms with E-state index < -0.39 is 11.7 Å². The first kappa shape index (κ1) is 15.4. The highest BCUT2D eigenvalue weighted by Gasteiger charge is 2.42. The number of nitrogens with one attached hydrogen (secondary N) is 1. The molecule has 1 N–H and O–H groups in total. The number of amides is 1. The molecule has 3 fully saturated rings. The maximum absolute atomic E-state index is 13.9. The third-order valence-electron chi connectivity index (χ3n) is 5.12. The van der Waals surface area contributed by atoms with Gasteiger partial charge in [-0.05, 0) is 37.3 Å². The van der Waals surface area contributed by atoms with Crippen molar-refractivity contribution in [1.29, 1.82) is 0 Å². The zero-order valence-corrected chi connectivity index (χ0v) is 13.6. The molecule has 6 heteroatoms. The number of ether oxygens (including phenoxy) is 1. The van der Waals surface area contributed by atoms with Gasteiger partial charge < -0.3 is 10.1 Å². The summed E-state index contributed by atoms with van der Waals surface area (Å²) in [6.45, 7) is 2.50. The van der Waals surface area contributed by atoms with E-state index >= 15 is 0 Å². The average Bonchev–Trinajstić information content (AvgIpc) is 3.30. The highest BCUT2D eigenvalue weighted by Crippen LogP contribution is 2.37. The predicted octanol–water partition coefficient (Wildman–Crippen LogP) is 2.46. The molecule has 4 rings (SSSR count). The van der Waals surface area contributed by atoms with Crippen LogP contribution in [0.25, 0.3) is 0 Å². The molecule has 0 bridgehead atoms. The first-order chi connectivity index (χ1) is 11.1. The van der Waals surface area contributed by atoms with Gasteiger partial charge in [-0.1, -0.05) is 17.7 Å². The minimum absolute atomic E-state index is 0.00878. The van der Waals surface area contributed by atoms with Crippen molar-refractivity contribution in [2.45, 2.75) is 37.5 Å². The highest BCUT2D eigenvalue weighted by atomic mass is 35.5. The first-order valence-electron chi connectivity index (χ1n) is 8.22. The van der Waals surface area contributed by atoms with E-state index in [1.807, 2.05) is 0 Å². The minimum Gasteiger partial charge on any atom is -0.375 e. The van der Waals surface area contributed by atoms with Crippen LogP contribution in [0.5, 0.6) is 0 Å². The summed E-state index contributed by atoms with van der Waals surface area (Å²) in [6, 6.07) is 4.89. The van der Waals surface area contributed by atoms with E-state index in [2.05, 4.69) is 10.2 Å². The summed E-state index contributed by atoms with van der Waals surface area (Å²) in [7, 11) is 0. The summed E-state index contributed by atoms with van der Waals surface area (Å²) in [5.74, 6) is -0.320. The second-order valence-electron chi connectivity index (χ2n) is 6.82. The zero-order chi connectivity index (χ0) is 16.0. The molecule has 3 aliphatic rings. The molecule has 0 unspecified atom stereocenters. The topological polar surface area (TPSA) is 41.6 Å². The fourth-order valence-corrected chi connectivity index (χ4v) is 3.87. The van der Waals surface area contributed by atoms with Crippen molar-refractivity contribution in [2.24, 2.45) is 5.92 Å². The largest absolute Gasteiger partial charge is 0.375 e. The van der Waals surface area contributed by atoms with Gasteiger partial charge in [-0.15, -0.1) is 0 Å². The van der Waals surface area contributed by atoms with Crippen molar-refractivity contribution in [3.8, 4) is 0 Å². The molecule has 0 spiro atoms. The second kappa shape index (κ2) is 6.04. The van der Waals surface area contributed by atoms with Gasteiger partial charge in [0.15, 0.2) is 5.82 Å². The third-order valence-corrected chi connectivity index (χ3v) is 5.42. The van der Waals surface area contributed by atoms with Crippen LogP contribution in [0.2, 0.25) is 5.02 Å². The van der Waals surface area contributed by atoms with E-state index in [-0.39, 0.29) is 16.6 Å². The number of nitrogens with zero attached hydrogens (tertiary/aromatic N) is 1. The number of morpholine rings is 1. The molecule has 23 heavy (non-hydrogen) atoms. The number of benzene rings is 1. The minimum atomic E-state index is -0.653. The monoisotopic (exact) mass is 338 g/mol. The normalized spacial score (nSPS) is 31.0. The van der Waals surface area contributed by atoms with Gasteiger partial charge in [0.05, 0.1) is 23.3 Å². The molecule has 3 atom stereocenters. The van der Waals surface area contributed by atoms with Crippen LogP contribution in [0.3, 0.4) is 0 Å². The standard InChI is InChI=1S/C17H20ClFN2O2/c18-14-3-1-2-13(16(14)19)17(22)20-11-6-12-9-23-15(10-4-5-10)8-21(12)7-11/h1-3,10-12,15H,4-9H2,(H,20,22)/t11-,12-,15+/m0/s1. The Hall–Kier alpha value is -1.17. The number of carbonyl (C=O) groups excluding carboxylic acids is 1. The molecule has 1 aromatic carbocycles. The molecule has 0 radical (unpaired) electrons. The van der Waals surface area contributed by atoms with Crippen molar-refractivity contribution in [3.63, 3.8) is 0 Å². The van der Waals surface area contributed by atoms with Crippen LogP contribution in [0.1, 0.15) is 29.6 Å². The van der Waals surface area contributed by atoms with Gasteiger partial charge in [-0.2, -0.15) is 0 Å². The molecule has 1 saturated carbocycles. The molecule has 124 valence electrons. The SMILES string of the molecule is O=C(N[C@H]1C[C@H]2CO[C@@H](C3CC3)CN2C1)c1cccc(Cl)c1F. The molecule has 1 aromatic rings. The number of carbonyl (C=O) groups is 1. The lowest BCUT2D eigenvalue weighted by Gasteiger charge is -2.35. The third kappa shape index (κ3) is 3.10. The fraction of sp³-hybridized carbons (Fsp3) is 0.588. The number of hydrogen-bond acceptors (Lipinski definition) is 3. The molecule has 2 saturated heterocycles. The zero-order valence-electron chi connectivity index (χ0n) is 12.8. The van der Waals surface area contributed by atoms with E-state index in [1.165, 1.54) is 25.0 Å². The molecular formula is C17H20ClFN2O2. The molecule has 0 aromatic heterocycles. The second-order valence-corrected chi connectivity index (χ2v) is 7.23. The Kier molecular flexibility index (Phi) is 4.03. The summed E-state index contributed by atoms with van der Waals surface area (Å²) < 4.78 is 19.9. The van der Waals surface area contributed by atoms with Crippen LogP contribution in [0.15, 0.2) is 18.2 Å². The van der Waals surface area contributed by atoms with E-state index in [0.29, 0.717) is 12.1 Å².